The number of hydrogen-bond acceptors (Lipinski definition) is 8. The van der Waals surface area contributed by atoms with Crippen molar-refractivity contribution >= 4 is 29.2 Å². The van der Waals surface area contributed by atoms with Crippen LogP contribution in [-0.2, 0) is 19.1 Å². The van der Waals surface area contributed by atoms with Gasteiger partial charge >= 0.3 is 17.9 Å². The molecule has 0 radical (unpaired) electrons. The minimum Gasteiger partial charge on any atom is -0.476 e. The molecule has 0 aliphatic heterocycles. The van der Waals surface area contributed by atoms with Gasteiger partial charge in [-0.3, -0.25) is 0 Å². The molecule has 2 heterocycles. The van der Waals surface area contributed by atoms with E-state index in [0.29, 0.717) is 22.6 Å². The Bertz CT molecular complexity index is 1130. The normalized spacial score (nSPS) is 11.2. The number of ether oxygens (including phenoxy) is 2. The van der Waals surface area contributed by atoms with Gasteiger partial charge in [-0.15, -0.1) is 0 Å². The summed E-state index contributed by atoms with van der Waals surface area (Å²) in [7, 11) is 2.38. The molecule has 0 amide bonds. The molecular weight excluding hydrogens is 380 g/mol. The monoisotopic (exact) mass is 396 g/mol. The predicted octanol–water partition coefficient (Wildman–Crippen LogP) is 1.74. The van der Waals surface area contributed by atoms with Crippen LogP contribution < -0.4 is 5.32 Å². The summed E-state index contributed by atoms with van der Waals surface area (Å²) in [4.78, 5) is 38.8. The molecule has 1 aromatic carbocycles. The van der Waals surface area contributed by atoms with E-state index >= 15 is 0 Å². The highest BCUT2D eigenvalue weighted by atomic mass is 16.5. The third-order valence-electron chi connectivity index (χ3n) is 3.88. The standard InChI is InChI=1S/C19H16N4O6/c1-28-17(24)10-14(19(27)29-2)21-12-5-3-4-11(8-12)15-6-7-20-16-9-13(18(25)26)22-23(15)16/h3-10,21H,1-2H3,(H,25,26)/b14-10+. The van der Waals surface area contributed by atoms with Crippen LogP contribution in [0.4, 0.5) is 5.69 Å². The summed E-state index contributed by atoms with van der Waals surface area (Å²) in [5.74, 6) is -2.62. The van der Waals surface area contributed by atoms with E-state index in [4.69, 9.17) is 5.11 Å². The Hall–Kier alpha value is -4.21. The number of esters is 2. The minimum absolute atomic E-state index is 0.108. The van der Waals surface area contributed by atoms with Gasteiger partial charge in [0.05, 0.1) is 26.0 Å². The Balaban J connectivity index is 2.01. The maximum atomic E-state index is 11.9. The van der Waals surface area contributed by atoms with Crippen molar-refractivity contribution in [3.8, 4) is 11.3 Å². The van der Waals surface area contributed by atoms with Crippen molar-refractivity contribution in [2.24, 2.45) is 0 Å². The molecule has 10 nitrogen and oxygen atoms in total. The van der Waals surface area contributed by atoms with E-state index in [1.807, 2.05) is 0 Å². The molecule has 10 heteroatoms. The SMILES string of the molecule is COC(=O)/C=C(/Nc1cccc(-c2ccnc3cc(C(=O)O)nn23)c1)C(=O)OC. The van der Waals surface area contributed by atoms with Gasteiger partial charge in [0, 0.05) is 23.5 Å². The lowest BCUT2D eigenvalue weighted by Gasteiger charge is -2.11. The molecule has 0 saturated carbocycles. The van der Waals surface area contributed by atoms with Crippen LogP contribution >= 0.6 is 0 Å². The van der Waals surface area contributed by atoms with Crippen LogP contribution in [-0.4, -0.2) is 51.8 Å². The highest BCUT2D eigenvalue weighted by Crippen LogP contribution is 2.24. The average Bonchev–Trinajstić information content (AvgIpc) is 3.17. The van der Waals surface area contributed by atoms with Crippen molar-refractivity contribution in [2.75, 3.05) is 19.5 Å². The molecule has 0 unspecified atom stereocenters. The van der Waals surface area contributed by atoms with Crippen LogP contribution in [0.15, 0.2) is 54.4 Å². The number of aromatic carboxylic acids is 1. The second-order valence-electron chi connectivity index (χ2n) is 5.71. The number of carbonyl (C=O) groups excluding carboxylic acids is 2. The first-order chi connectivity index (χ1) is 13.9. The van der Waals surface area contributed by atoms with E-state index in [-0.39, 0.29) is 11.4 Å². The maximum Gasteiger partial charge on any atom is 0.356 e. The fourth-order valence-corrected chi connectivity index (χ4v) is 2.56. The number of carboxylic acid groups (broad SMARTS) is 1. The summed E-state index contributed by atoms with van der Waals surface area (Å²) in [6, 6.07) is 9.92. The van der Waals surface area contributed by atoms with Crippen molar-refractivity contribution in [3.63, 3.8) is 0 Å². The van der Waals surface area contributed by atoms with Crippen molar-refractivity contribution in [3.05, 3.63) is 60.1 Å². The fraction of sp³-hybridized carbons (Fsp3) is 0.105. The van der Waals surface area contributed by atoms with Crippen LogP contribution in [0.1, 0.15) is 10.5 Å². The van der Waals surface area contributed by atoms with E-state index in [2.05, 4.69) is 24.9 Å². The number of hydrogen-bond donors (Lipinski definition) is 2. The predicted molar refractivity (Wildman–Crippen MR) is 101 cm³/mol. The Morgan fingerprint density at radius 3 is 2.62 bits per heavy atom. The highest BCUT2D eigenvalue weighted by Gasteiger charge is 2.15. The zero-order valence-corrected chi connectivity index (χ0v) is 15.4. The first kappa shape index (κ1) is 19.5. The summed E-state index contributed by atoms with van der Waals surface area (Å²) in [6.45, 7) is 0. The number of carbonyl (C=O) groups is 3. The first-order valence-electron chi connectivity index (χ1n) is 8.26. The van der Waals surface area contributed by atoms with Gasteiger partial charge in [0.25, 0.3) is 0 Å². The number of benzene rings is 1. The number of nitrogens with zero attached hydrogens (tertiary/aromatic N) is 3. The van der Waals surface area contributed by atoms with E-state index in [0.717, 1.165) is 6.08 Å². The zero-order valence-electron chi connectivity index (χ0n) is 15.4. The van der Waals surface area contributed by atoms with Crippen LogP contribution in [0, 0.1) is 0 Å². The number of aromatic nitrogens is 3. The number of anilines is 1. The summed E-state index contributed by atoms with van der Waals surface area (Å²) < 4.78 is 10.6. The van der Waals surface area contributed by atoms with Crippen LogP contribution in [0.2, 0.25) is 0 Å². The largest absolute Gasteiger partial charge is 0.476 e. The molecule has 2 N–H and O–H groups in total. The number of nitrogens with one attached hydrogen (secondary N) is 1. The number of methoxy groups -OCH3 is 2. The van der Waals surface area contributed by atoms with E-state index in [1.165, 1.54) is 31.0 Å². The lowest BCUT2D eigenvalue weighted by Crippen LogP contribution is -2.15. The summed E-state index contributed by atoms with van der Waals surface area (Å²) in [6.07, 6.45) is 2.52. The molecule has 0 aliphatic rings. The number of fused-ring (bicyclic) bond motifs is 1. The highest BCUT2D eigenvalue weighted by molar-refractivity contribution is 5.98. The van der Waals surface area contributed by atoms with Crippen molar-refractivity contribution in [1.82, 2.24) is 14.6 Å². The van der Waals surface area contributed by atoms with E-state index in [9.17, 15) is 14.4 Å². The van der Waals surface area contributed by atoms with Crippen LogP contribution in [0.3, 0.4) is 0 Å². The molecule has 3 rings (SSSR count). The molecule has 3 aromatic rings. The summed E-state index contributed by atoms with van der Waals surface area (Å²) in [5.41, 5.74) is 1.88. The number of rotatable bonds is 6. The van der Waals surface area contributed by atoms with Crippen LogP contribution in [0.25, 0.3) is 16.9 Å². The first-order valence-corrected chi connectivity index (χ1v) is 8.26. The van der Waals surface area contributed by atoms with Gasteiger partial charge in [0.2, 0.25) is 0 Å². The van der Waals surface area contributed by atoms with E-state index in [1.54, 1.807) is 30.3 Å². The molecule has 0 fully saturated rings. The third kappa shape index (κ3) is 4.21. The molecule has 29 heavy (non-hydrogen) atoms. The van der Waals surface area contributed by atoms with Crippen molar-refractivity contribution < 1.29 is 29.0 Å². The Kier molecular flexibility index (Phi) is 5.54. The Morgan fingerprint density at radius 2 is 1.93 bits per heavy atom. The van der Waals surface area contributed by atoms with Crippen LogP contribution in [0.5, 0.6) is 0 Å². The second kappa shape index (κ2) is 8.21. The van der Waals surface area contributed by atoms with Gasteiger partial charge in [-0.05, 0) is 18.2 Å². The topological polar surface area (TPSA) is 132 Å². The van der Waals surface area contributed by atoms with Gasteiger partial charge < -0.3 is 19.9 Å². The third-order valence-corrected chi connectivity index (χ3v) is 3.88. The lowest BCUT2D eigenvalue weighted by molar-refractivity contribution is -0.138. The van der Waals surface area contributed by atoms with Gasteiger partial charge in [-0.2, -0.15) is 5.10 Å². The van der Waals surface area contributed by atoms with Crippen molar-refractivity contribution in [1.29, 1.82) is 0 Å². The van der Waals surface area contributed by atoms with E-state index < -0.39 is 17.9 Å². The molecule has 0 aliphatic carbocycles. The van der Waals surface area contributed by atoms with Gasteiger partial charge in [-0.25, -0.2) is 23.9 Å². The fourth-order valence-electron chi connectivity index (χ4n) is 2.56. The Labute approximate surface area is 164 Å². The molecule has 148 valence electrons. The maximum absolute atomic E-state index is 11.9. The summed E-state index contributed by atoms with van der Waals surface area (Å²) >= 11 is 0. The second-order valence-corrected chi connectivity index (χ2v) is 5.71. The molecule has 0 atom stereocenters. The van der Waals surface area contributed by atoms with Crippen molar-refractivity contribution in [2.45, 2.75) is 0 Å². The zero-order chi connectivity index (χ0) is 21.0. The summed E-state index contributed by atoms with van der Waals surface area (Å²) in [5, 5.41) is 16.0. The molecule has 2 aromatic heterocycles. The average molecular weight is 396 g/mol. The van der Waals surface area contributed by atoms with Gasteiger partial charge in [0.15, 0.2) is 11.3 Å². The molecule has 0 saturated heterocycles. The Morgan fingerprint density at radius 1 is 1.14 bits per heavy atom. The molecular formula is C19H16N4O6. The quantitative estimate of drug-likeness (QED) is 0.472. The van der Waals surface area contributed by atoms with Gasteiger partial charge in [0.1, 0.15) is 5.70 Å². The molecule has 0 bridgehead atoms. The number of carboxylic acids is 1. The van der Waals surface area contributed by atoms with Gasteiger partial charge in [-0.1, -0.05) is 12.1 Å². The minimum atomic E-state index is -1.16. The smallest absolute Gasteiger partial charge is 0.356 e. The molecule has 0 spiro atoms. The lowest BCUT2D eigenvalue weighted by atomic mass is 10.1.